The number of anilines is 2. The van der Waals surface area contributed by atoms with Crippen LogP contribution >= 0.6 is 0 Å². The van der Waals surface area contributed by atoms with Crippen LogP contribution in [0.5, 0.6) is 0 Å². The van der Waals surface area contributed by atoms with E-state index in [1.54, 1.807) is 30.3 Å². The Morgan fingerprint density at radius 2 is 2.00 bits per heavy atom. The molecule has 0 atom stereocenters. The van der Waals surface area contributed by atoms with Gasteiger partial charge in [-0.1, -0.05) is 12.1 Å². The Balaban J connectivity index is 2.19. The van der Waals surface area contributed by atoms with Gasteiger partial charge in [0.25, 0.3) is 5.91 Å². The molecule has 98 valence electrons. The second-order valence-electron chi connectivity index (χ2n) is 4.15. The van der Waals surface area contributed by atoms with Gasteiger partial charge in [0.2, 0.25) is 0 Å². The Morgan fingerprint density at radius 3 is 2.68 bits per heavy atom. The molecular formula is C14H14FN3O. The van der Waals surface area contributed by atoms with Gasteiger partial charge in [-0.15, -0.1) is 0 Å². The number of halogens is 1. The molecule has 0 aliphatic heterocycles. The van der Waals surface area contributed by atoms with Gasteiger partial charge in [0.05, 0.1) is 5.56 Å². The topological polar surface area (TPSA) is 81.1 Å². The molecule has 0 aliphatic rings. The van der Waals surface area contributed by atoms with Crippen LogP contribution in [0.25, 0.3) is 0 Å². The standard InChI is InChI=1S/C14H14FN3O/c15-10-3-1-2-9(6-10)8-18-13-7-11(16)4-5-12(13)14(17)19/h1-7,18H,8,16H2,(H2,17,19). The predicted octanol–water partition coefficient (Wildman–Crippen LogP) is 2.12. The molecule has 19 heavy (non-hydrogen) atoms. The van der Waals surface area contributed by atoms with Crippen molar-refractivity contribution in [2.45, 2.75) is 6.54 Å². The van der Waals surface area contributed by atoms with E-state index in [1.165, 1.54) is 12.1 Å². The number of hydrogen-bond acceptors (Lipinski definition) is 3. The van der Waals surface area contributed by atoms with Crippen LogP contribution in [0.15, 0.2) is 42.5 Å². The fraction of sp³-hybridized carbons (Fsp3) is 0.0714. The van der Waals surface area contributed by atoms with Gasteiger partial charge in [-0.2, -0.15) is 0 Å². The third-order valence-corrected chi connectivity index (χ3v) is 2.68. The van der Waals surface area contributed by atoms with E-state index in [0.717, 1.165) is 5.56 Å². The van der Waals surface area contributed by atoms with Gasteiger partial charge in [0, 0.05) is 17.9 Å². The maximum atomic E-state index is 13.0. The highest BCUT2D eigenvalue weighted by Gasteiger charge is 2.08. The van der Waals surface area contributed by atoms with Crippen molar-refractivity contribution in [1.82, 2.24) is 0 Å². The summed E-state index contributed by atoms with van der Waals surface area (Å²) in [6, 6.07) is 11.0. The number of benzene rings is 2. The number of rotatable bonds is 4. The summed E-state index contributed by atoms with van der Waals surface area (Å²) in [7, 11) is 0. The summed E-state index contributed by atoms with van der Waals surface area (Å²) in [4.78, 5) is 11.3. The number of hydrogen-bond donors (Lipinski definition) is 3. The molecule has 0 heterocycles. The number of nitrogen functional groups attached to an aromatic ring is 1. The van der Waals surface area contributed by atoms with E-state index in [1.807, 2.05) is 0 Å². The van der Waals surface area contributed by atoms with Crippen LogP contribution in [0.4, 0.5) is 15.8 Å². The predicted molar refractivity (Wildman–Crippen MR) is 73.1 cm³/mol. The Morgan fingerprint density at radius 1 is 1.21 bits per heavy atom. The molecule has 2 rings (SSSR count). The molecule has 0 aliphatic carbocycles. The molecular weight excluding hydrogens is 245 g/mol. The first kappa shape index (κ1) is 12.9. The SMILES string of the molecule is NC(=O)c1ccc(N)cc1NCc1cccc(F)c1. The summed E-state index contributed by atoms with van der Waals surface area (Å²) in [5.41, 5.74) is 13.1. The third kappa shape index (κ3) is 3.22. The quantitative estimate of drug-likeness (QED) is 0.736. The second-order valence-corrected chi connectivity index (χ2v) is 4.15. The summed E-state index contributed by atoms with van der Waals surface area (Å²) >= 11 is 0. The molecule has 5 N–H and O–H groups in total. The monoisotopic (exact) mass is 259 g/mol. The van der Waals surface area contributed by atoms with Crippen molar-refractivity contribution in [2.24, 2.45) is 5.73 Å². The minimum Gasteiger partial charge on any atom is -0.399 e. The number of carbonyl (C=O) groups excluding carboxylic acids is 1. The summed E-state index contributed by atoms with van der Waals surface area (Å²) in [6.45, 7) is 0.376. The summed E-state index contributed by atoms with van der Waals surface area (Å²) in [5.74, 6) is -0.844. The zero-order valence-electron chi connectivity index (χ0n) is 10.2. The maximum absolute atomic E-state index is 13.0. The molecule has 1 amide bonds. The molecule has 0 aromatic heterocycles. The zero-order valence-corrected chi connectivity index (χ0v) is 10.2. The molecule has 2 aromatic carbocycles. The first-order valence-corrected chi connectivity index (χ1v) is 5.74. The van der Waals surface area contributed by atoms with E-state index < -0.39 is 5.91 Å². The van der Waals surface area contributed by atoms with Gasteiger partial charge < -0.3 is 16.8 Å². The van der Waals surface area contributed by atoms with Crippen LogP contribution in [0.2, 0.25) is 0 Å². The molecule has 0 bridgehead atoms. The van der Waals surface area contributed by atoms with Crippen LogP contribution in [-0.2, 0) is 6.54 Å². The van der Waals surface area contributed by atoms with Crippen molar-refractivity contribution in [3.8, 4) is 0 Å². The maximum Gasteiger partial charge on any atom is 0.250 e. The van der Waals surface area contributed by atoms with Gasteiger partial charge in [-0.25, -0.2) is 4.39 Å². The highest BCUT2D eigenvalue weighted by atomic mass is 19.1. The minimum atomic E-state index is -0.540. The van der Waals surface area contributed by atoms with Gasteiger partial charge in [0.15, 0.2) is 0 Å². The zero-order chi connectivity index (χ0) is 13.8. The van der Waals surface area contributed by atoms with Crippen LogP contribution in [-0.4, -0.2) is 5.91 Å². The molecule has 0 spiro atoms. The van der Waals surface area contributed by atoms with Crippen molar-refractivity contribution in [1.29, 1.82) is 0 Å². The van der Waals surface area contributed by atoms with Crippen molar-refractivity contribution >= 4 is 17.3 Å². The summed E-state index contributed by atoms with van der Waals surface area (Å²) < 4.78 is 13.0. The lowest BCUT2D eigenvalue weighted by molar-refractivity contribution is 0.100. The summed E-state index contributed by atoms with van der Waals surface area (Å²) in [5, 5.41) is 3.03. The first-order valence-electron chi connectivity index (χ1n) is 5.74. The molecule has 0 saturated heterocycles. The van der Waals surface area contributed by atoms with E-state index in [-0.39, 0.29) is 5.82 Å². The van der Waals surface area contributed by atoms with Crippen LogP contribution in [0, 0.1) is 5.82 Å². The highest BCUT2D eigenvalue weighted by molar-refractivity contribution is 5.99. The average Bonchev–Trinajstić information content (AvgIpc) is 2.36. The molecule has 0 saturated carbocycles. The Bertz CT molecular complexity index is 613. The normalized spacial score (nSPS) is 10.2. The molecule has 0 unspecified atom stereocenters. The lowest BCUT2D eigenvalue weighted by Gasteiger charge is -2.11. The van der Waals surface area contributed by atoms with Crippen LogP contribution in [0.1, 0.15) is 15.9 Å². The molecule has 0 fully saturated rings. The van der Waals surface area contributed by atoms with Crippen molar-refractivity contribution in [3.05, 3.63) is 59.4 Å². The fourth-order valence-electron chi connectivity index (χ4n) is 1.77. The Labute approximate surface area is 110 Å². The van der Waals surface area contributed by atoms with E-state index in [0.29, 0.717) is 23.5 Å². The van der Waals surface area contributed by atoms with Gasteiger partial charge in [-0.3, -0.25) is 4.79 Å². The molecule has 2 aromatic rings. The van der Waals surface area contributed by atoms with E-state index in [2.05, 4.69) is 5.32 Å². The summed E-state index contributed by atoms with van der Waals surface area (Å²) in [6.07, 6.45) is 0. The Hall–Kier alpha value is -2.56. The van der Waals surface area contributed by atoms with Gasteiger partial charge in [-0.05, 0) is 35.9 Å². The van der Waals surface area contributed by atoms with Crippen molar-refractivity contribution < 1.29 is 9.18 Å². The van der Waals surface area contributed by atoms with E-state index in [4.69, 9.17) is 11.5 Å². The van der Waals surface area contributed by atoms with Crippen LogP contribution < -0.4 is 16.8 Å². The first-order chi connectivity index (χ1) is 9.06. The van der Waals surface area contributed by atoms with E-state index >= 15 is 0 Å². The van der Waals surface area contributed by atoms with Crippen molar-refractivity contribution in [3.63, 3.8) is 0 Å². The van der Waals surface area contributed by atoms with Gasteiger partial charge >= 0.3 is 0 Å². The molecule has 5 heteroatoms. The number of nitrogens with two attached hydrogens (primary N) is 2. The van der Waals surface area contributed by atoms with Gasteiger partial charge in [0.1, 0.15) is 5.82 Å². The van der Waals surface area contributed by atoms with Crippen molar-refractivity contribution in [2.75, 3.05) is 11.1 Å². The lowest BCUT2D eigenvalue weighted by Crippen LogP contribution is -2.14. The average molecular weight is 259 g/mol. The third-order valence-electron chi connectivity index (χ3n) is 2.68. The molecule has 0 radical (unpaired) electrons. The number of carbonyl (C=O) groups is 1. The minimum absolute atomic E-state index is 0.304. The number of primary amides is 1. The Kier molecular flexibility index (Phi) is 3.66. The van der Waals surface area contributed by atoms with E-state index in [9.17, 15) is 9.18 Å². The highest BCUT2D eigenvalue weighted by Crippen LogP contribution is 2.19. The second kappa shape index (κ2) is 5.39. The molecule has 4 nitrogen and oxygen atoms in total. The largest absolute Gasteiger partial charge is 0.399 e. The smallest absolute Gasteiger partial charge is 0.250 e. The number of nitrogens with one attached hydrogen (secondary N) is 1. The lowest BCUT2D eigenvalue weighted by atomic mass is 10.1. The van der Waals surface area contributed by atoms with Crippen LogP contribution in [0.3, 0.4) is 0 Å². The fourth-order valence-corrected chi connectivity index (χ4v) is 1.77. The number of amides is 1.